The highest BCUT2D eigenvalue weighted by molar-refractivity contribution is 7.87. The van der Waals surface area contributed by atoms with E-state index < -0.39 is 22.3 Å². The molecule has 2 saturated carbocycles. The second-order valence-corrected chi connectivity index (χ2v) is 9.09. The second kappa shape index (κ2) is 5.46. The molecule has 22 heavy (non-hydrogen) atoms. The predicted octanol–water partition coefficient (Wildman–Crippen LogP) is 1.15. The Hall–Kier alpha value is -0.660. The molecule has 0 radical (unpaired) electrons. The average Bonchev–Trinajstić information content (AvgIpc) is 2.99. The Labute approximate surface area is 132 Å². The van der Waals surface area contributed by atoms with Gasteiger partial charge in [0, 0.05) is 23.9 Å². The largest absolute Gasteiger partial charge is 0.458 e. The van der Waals surface area contributed by atoms with Crippen LogP contribution >= 0.6 is 0 Å². The summed E-state index contributed by atoms with van der Waals surface area (Å²) in [4.78, 5) is 14.3. The highest BCUT2D eigenvalue weighted by Crippen LogP contribution is 2.55. The Morgan fingerprint density at radius 3 is 2.45 bits per heavy atom. The molecule has 7 heteroatoms. The fraction of sp³-hybridized carbons (Fsp3) is 0.933. The van der Waals surface area contributed by atoms with Gasteiger partial charge in [0.25, 0.3) is 10.1 Å². The highest BCUT2D eigenvalue weighted by atomic mass is 32.2. The summed E-state index contributed by atoms with van der Waals surface area (Å²) in [5, 5.41) is -0.375. The van der Waals surface area contributed by atoms with Crippen LogP contribution in [-0.4, -0.2) is 55.4 Å². The average molecular weight is 331 g/mol. The second-order valence-electron chi connectivity index (χ2n) is 7.30. The van der Waals surface area contributed by atoms with Gasteiger partial charge < -0.3 is 4.74 Å². The van der Waals surface area contributed by atoms with Gasteiger partial charge in [0.1, 0.15) is 12.2 Å². The van der Waals surface area contributed by atoms with Crippen molar-refractivity contribution < 1.29 is 22.1 Å². The molecular weight excluding hydrogens is 306 g/mol. The lowest BCUT2D eigenvalue weighted by molar-refractivity contribution is -0.158. The smallest absolute Gasteiger partial charge is 0.320 e. The number of esters is 1. The maximum Gasteiger partial charge on any atom is 0.320 e. The van der Waals surface area contributed by atoms with E-state index in [4.69, 9.17) is 8.92 Å². The van der Waals surface area contributed by atoms with Crippen LogP contribution in [0.15, 0.2) is 0 Å². The van der Waals surface area contributed by atoms with E-state index >= 15 is 0 Å². The molecule has 1 heterocycles. The fourth-order valence-electron chi connectivity index (χ4n) is 4.34. The van der Waals surface area contributed by atoms with Gasteiger partial charge in [-0.1, -0.05) is 0 Å². The van der Waals surface area contributed by atoms with Crippen LogP contribution in [0.2, 0.25) is 0 Å². The van der Waals surface area contributed by atoms with Crippen LogP contribution in [0, 0.1) is 11.8 Å². The SMILES string of the molecule is CC(C)N(CC(=O)OC1C2CC3C1OS(=O)(=O)C3C2)C(C)C. The molecule has 126 valence electrons. The number of hydrogen-bond donors (Lipinski definition) is 0. The van der Waals surface area contributed by atoms with Crippen molar-refractivity contribution in [2.75, 3.05) is 6.54 Å². The van der Waals surface area contributed by atoms with Gasteiger partial charge in [-0.25, -0.2) is 0 Å². The molecule has 3 aliphatic rings. The summed E-state index contributed by atoms with van der Waals surface area (Å²) in [6.45, 7) is 8.40. The molecule has 0 spiro atoms. The summed E-state index contributed by atoms with van der Waals surface area (Å²) in [5.41, 5.74) is 0. The van der Waals surface area contributed by atoms with Crippen molar-refractivity contribution in [1.29, 1.82) is 0 Å². The van der Waals surface area contributed by atoms with Crippen LogP contribution in [0.5, 0.6) is 0 Å². The van der Waals surface area contributed by atoms with Gasteiger partial charge >= 0.3 is 5.97 Å². The van der Waals surface area contributed by atoms with Gasteiger partial charge in [-0.05, 0) is 40.5 Å². The topological polar surface area (TPSA) is 72.9 Å². The third kappa shape index (κ3) is 2.57. The van der Waals surface area contributed by atoms with Gasteiger partial charge in [-0.3, -0.25) is 13.9 Å². The molecule has 5 atom stereocenters. The van der Waals surface area contributed by atoms with E-state index in [0.29, 0.717) is 6.42 Å². The Morgan fingerprint density at radius 1 is 1.23 bits per heavy atom. The van der Waals surface area contributed by atoms with E-state index in [9.17, 15) is 13.2 Å². The molecule has 2 bridgehead atoms. The summed E-state index contributed by atoms with van der Waals surface area (Å²) < 4.78 is 34.6. The van der Waals surface area contributed by atoms with Crippen LogP contribution in [0.1, 0.15) is 40.5 Å². The summed E-state index contributed by atoms with van der Waals surface area (Å²) in [6.07, 6.45) is 0.515. The molecule has 0 aromatic heterocycles. The predicted molar refractivity (Wildman–Crippen MR) is 80.7 cm³/mol. The third-order valence-electron chi connectivity index (χ3n) is 5.32. The molecule has 3 rings (SSSR count). The lowest BCUT2D eigenvalue weighted by Crippen LogP contribution is -2.44. The molecule has 2 aliphatic carbocycles. The Morgan fingerprint density at radius 2 is 1.86 bits per heavy atom. The van der Waals surface area contributed by atoms with Crippen LogP contribution in [0.4, 0.5) is 0 Å². The van der Waals surface area contributed by atoms with E-state index in [-0.39, 0.29) is 41.7 Å². The molecule has 0 amide bonds. The molecule has 0 N–H and O–H groups in total. The normalized spacial score (nSPS) is 38.4. The van der Waals surface area contributed by atoms with Crippen LogP contribution in [0.25, 0.3) is 0 Å². The maximum absolute atomic E-state index is 12.3. The Balaban J connectivity index is 1.64. The summed E-state index contributed by atoms with van der Waals surface area (Å²) in [6, 6.07) is 0.500. The zero-order chi connectivity index (χ0) is 16.2. The lowest BCUT2D eigenvalue weighted by atomic mass is 9.94. The minimum atomic E-state index is -3.45. The first kappa shape index (κ1) is 16.2. The summed E-state index contributed by atoms with van der Waals surface area (Å²) in [5.74, 6) is -0.142. The van der Waals surface area contributed by atoms with Crippen LogP contribution in [0.3, 0.4) is 0 Å². The van der Waals surface area contributed by atoms with Gasteiger partial charge in [0.15, 0.2) is 0 Å². The van der Waals surface area contributed by atoms with Crippen molar-refractivity contribution in [1.82, 2.24) is 4.90 Å². The standard InChI is InChI=1S/C15H25NO5S/c1-8(2)16(9(3)4)7-13(17)20-14-10-5-11-12(6-10)22(18,19)21-15(11)14/h8-12,14-15H,5-7H2,1-4H3. The Bertz CT molecular complexity index is 550. The maximum atomic E-state index is 12.3. The van der Waals surface area contributed by atoms with Gasteiger partial charge in [-0.2, -0.15) is 8.42 Å². The zero-order valence-corrected chi connectivity index (χ0v) is 14.4. The van der Waals surface area contributed by atoms with Gasteiger partial charge in [-0.15, -0.1) is 0 Å². The number of fused-ring (bicyclic) bond motifs is 1. The van der Waals surface area contributed by atoms with Gasteiger partial charge in [0.05, 0.1) is 11.8 Å². The first-order valence-electron chi connectivity index (χ1n) is 8.08. The lowest BCUT2D eigenvalue weighted by Gasteiger charge is -2.31. The minimum absolute atomic E-state index is 0.0131. The number of rotatable bonds is 5. The van der Waals surface area contributed by atoms with E-state index in [1.54, 1.807) is 0 Å². The fourth-order valence-corrected chi connectivity index (χ4v) is 6.23. The quantitative estimate of drug-likeness (QED) is 0.556. The summed E-state index contributed by atoms with van der Waals surface area (Å²) >= 11 is 0. The van der Waals surface area contributed by atoms with Crippen molar-refractivity contribution in [3.05, 3.63) is 0 Å². The third-order valence-corrected chi connectivity index (χ3v) is 7.09. The molecule has 0 aromatic carbocycles. The molecule has 3 fully saturated rings. The molecule has 1 aliphatic heterocycles. The van der Waals surface area contributed by atoms with E-state index in [1.807, 2.05) is 27.7 Å². The van der Waals surface area contributed by atoms with Crippen molar-refractivity contribution in [3.63, 3.8) is 0 Å². The molecular formula is C15H25NO5S. The number of hydrogen-bond acceptors (Lipinski definition) is 6. The van der Waals surface area contributed by atoms with Crippen molar-refractivity contribution in [3.8, 4) is 0 Å². The number of nitrogens with zero attached hydrogens (tertiary/aromatic N) is 1. The monoisotopic (exact) mass is 331 g/mol. The van der Waals surface area contributed by atoms with Crippen LogP contribution in [-0.2, 0) is 23.8 Å². The first-order valence-corrected chi connectivity index (χ1v) is 9.55. The molecule has 0 aromatic rings. The molecule has 5 unspecified atom stereocenters. The summed E-state index contributed by atoms with van der Waals surface area (Å²) in [7, 11) is -3.45. The van der Waals surface area contributed by atoms with Crippen molar-refractivity contribution in [2.24, 2.45) is 11.8 Å². The van der Waals surface area contributed by atoms with Crippen LogP contribution < -0.4 is 0 Å². The van der Waals surface area contributed by atoms with E-state index in [2.05, 4.69) is 4.90 Å². The highest BCUT2D eigenvalue weighted by Gasteiger charge is 2.65. The van der Waals surface area contributed by atoms with Crippen molar-refractivity contribution >= 4 is 16.1 Å². The van der Waals surface area contributed by atoms with E-state index in [1.165, 1.54) is 0 Å². The molecule has 1 saturated heterocycles. The number of carbonyl (C=O) groups is 1. The number of carbonyl (C=O) groups excluding carboxylic acids is 1. The van der Waals surface area contributed by atoms with E-state index in [0.717, 1.165) is 6.42 Å². The van der Waals surface area contributed by atoms with Crippen molar-refractivity contribution in [2.45, 2.75) is 70.1 Å². The molecule has 6 nitrogen and oxygen atoms in total. The zero-order valence-electron chi connectivity index (χ0n) is 13.6. The first-order chi connectivity index (χ1) is 10.2. The number of ether oxygens (including phenoxy) is 1. The Kier molecular flexibility index (Phi) is 4.02. The minimum Gasteiger partial charge on any atom is -0.458 e. The van der Waals surface area contributed by atoms with Gasteiger partial charge in [0.2, 0.25) is 0 Å².